The lowest BCUT2D eigenvalue weighted by Crippen LogP contribution is -2.47. The number of pyridine rings is 1. The second kappa shape index (κ2) is 13.3. The van der Waals surface area contributed by atoms with Crippen LogP contribution in [0.5, 0.6) is 0 Å². The van der Waals surface area contributed by atoms with E-state index in [2.05, 4.69) is 51.2 Å². The van der Waals surface area contributed by atoms with Crippen LogP contribution in [-0.4, -0.2) is 46.5 Å². The molecule has 5 rings (SSSR count). The van der Waals surface area contributed by atoms with Crippen molar-refractivity contribution >= 4 is 28.8 Å². The minimum atomic E-state index is -0.232. The lowest BCUT2D eigenvalue weighted by Gasteiger charge is -2.30. The molecule has 0 spiro atoms. The molecule has 3 heterocycles. The van der Waals surface area contributed by atoms with E-state index in [1.54, 1.807) is 22.8 Å². The SMILES string of the molecule is CCc1cccc(CC)c1-n1c(CC(C)C)c(C(=O)N2CCNCC2)cc(-c2nc(-c3ccc(Cl)cc3)c(C#N)s2)c1=O. The summed E-state index contributed by atoms with van der Waals surface area (Å²) in [5, 5.41) is 14.4. The molecule has 222 valence electrons. The Morgan fingerprint density at radius 1 is 1.09 bits per heavy atom. The van der Waals surface area contributed by atoms with Crippen LogP contribution in [0.1, 0.15) is 59.8 Å². The number of rotatable bonds is 8. The van der Waals surface area contributed by atoms with Crippen molar-refractivity contribution in [1.29, 1.82) is 5.26 Å². The smallest absolute Gasteiger partial charge is 0.265 e. The van der Waals surface area contributed by atoms with Gasteiger partial charge in [-0.15, -0.1) is 11.3 Å². The number of carbonyl (C=O) groups is 1. The minimum Gasteiger partial charge on any atom is -0.336 e. The maximum atomic E-state index is 14.7. The van der Waals surface area contributed by atoms with Crippen LogP contribution in [0, 0.1) is 17.2 Å². The van der Waals surface area contributed by atoms with Crippen LogP contribution >= 0.6 is 22.9 Å². The number of benzene rings is 2. The minimum absolute atomic E-state index is 0.0887. The highest BCUT2D eigenvalue weighted by molar-refractivity contribution is 7.16. The van der Waals surface area contributed by atoms with Crippen molar-refractivity contribution in [3.05, 3.63) is 91.2 Å². The fourth-order valence-corrected chi connectivity index (χ4v) is 6.69. The zero-order chi connectivity index (χ0) is 30.7. The summed E-state index contributed by atoms with van der Waals surface area (Å²) in [5.74, 6) is 0.112. The predicted molar refractivity (Wildman–Crippen MR) is 174 cm³/mol. The van der Waals surface area contributed by atoms with Crippen molar-refractivity contribution in [2.24, 2.45) is 5.92 Å². The van der Waals surface area contributed by atoms with E-state index >= 15 is 0 Å². The van der Waals surface area contributed by atoms with Crippen molar-refractivity contribution in [2.45, 2.75) is 47.0 Å². The molecule has 1 amide bonds. The van der Waals surface area contributed by atoms with Gasteiger partial charge in [-0.05, 0) is 54.5 Å². The van der Waals surface area contributed by atoms with Crippen molar-refractivity contribution in [1.82, 2.24) is 19.8 Å². The van der Waals surface area contributed by atoms with Gasteiger partial charge in [-0.1, -0.05) is 69.6 Å². The monoisotopic (exact) mass is 613 g/mol. The predicted octanol–water partition coefficient (Wildman–Crippen LogP) is 6.52. The standard InChI is InChI=1S/C34H36ClN5O2S/c1-5-22-8-7-9-23(6-2)31(22)40-28(18-21(3)4)26(33(41)39-16-14-37-15-17-39)19-27(34(40)42)32-38-30(29(20-36)43-32)24-10-12-25(35)13-11-24/h7-13,19,21,37H,5-6,14-18H2,1-4H3. The molecule has 0 aliphatic carbocycles. The second-order valence-electron chi connectivity index (χ2n) is 11.1. The number of hydrogen-bond acceptors (Lipinski definition) is 6. The van der Waals surface area contributed by atoms with Crippen LogP contribution in [0.3, 0.4) is 0 Å². The van der Waals surface area contributed by atoms with Gasteiger partial charge >= 0.3 is 0 Å². The Bertz CT molecular complexity index is 1720. The van der Waals surface area contributed by atoms with Gasteiger partial charge in [0.25, 0.3) is 11.5 Å². The van der Waals surface area contributed by atoms with E-state index in [0.717, 1.165) is 54.0 Å². The Kier molecular flexibility index (Phi) is 9.46. The Labute approximate surface area is 261 Å². The van der Waals surface area contributed by atoms with Crippen molar-refractivity contribution in [3.8, 4) is 33.6 Å². The Hall–Kier alpha value is -3.77. The molecule has 1 aliphatic heterocycles. The highest BCUT2D eigenvalue weighted by Gasteiger charge is 2.29. The number of aromatic nitrogens is 2. The molecule has 0 saturated carbocycles. The number of halogens is 1. The molecule has 43 heavy (non-hydrogen) atoms. The molecule has 9 heteroatoms. The highest BCUT2D eigenvalue weighted by atomic mass is 35.5. The third-order valence-corrected chi connectivity index (χ3v) is 9.05. The number of thiazole rings is 1. The van der Waals surface area contributed by atoms with E-state index in [0.29, 0.717) is 51.2 Å². The molecule has 1 aliphatic rings. The van der Waals surface area contributed by atoms with Gasteiger partial charge in [-0.3, -0.25) is 14.2 Å². The largest absolute Gasteiger partial charge is 0.336 e. The fraction of sp³-hybridized carbons (Fsp3) is 0.353. The summed E-state index contributed by atoms with van der Waals surface area (Å²) < 4.78 is 1.79. The van der Waals surface area contributed by atoms with Crippen LogP contribution in [0.2, 0.25) is 5.02 Å². The number of carbonyl (C=O) groups excluding carboxylic acids is 1. The fourth-order valence-electron chi connectivity index (χ4n) is 5.67. The maximum absolute atomic E-state index is 14.7. The van der Waals surface area contributed by atoms with Crippen LogP contribution in [0.25, 0.3) is 27.5 Å². The lowest BCUT2D eigenvalue weighted by atomic mass is 9.97. The summed E-state index contributed by atoms with van der Waals surface area (Å²) in [5.41, 5.74) is 5.49. The number of para-hydroxylation sites is 1. The van der Waals surface area contributed by atoms with E-state index in [1.165, 1.54) is 11.3 Å². The van der Waals surface area contributed by atoms with E-state index < -0.39 is 0 Å². The summed E-state index contributed by atoms with van der Waals surface area (Å²) in [7, 11) is 0. The van der Waals surface area contributed by atoms with Gasteiger partial charge in [0.1, 0.15) is 16.0 Å². The molecule has 2 aromatic carbocycles. The van der Waals surface area contributed by atoms with E-state index in [4.69, 9.17) is 16.6 Å². The van der Waals surface area contributed by atoms with Crippen molar-refractivity contribution in [3.63, 3.8) is 0 Å². The van der Waals surface area contributed by atoms with Crippen molar-refractivity contribution < 1.29 is 4.79 Å². The van der Waals surface area contributed by atoms with Gasteiger partial charge in [-0.2, -0.15) is 5.26 Å². The van der Waals surface area contributed by atoms with E-state index in [-0.39, 0.29) is 17.4 Å². The zero-order valence-corrected chi connectivity index (χ0v) is 26.6. The normalized spacial score (nSPS) is 13.4. The molecule has 0 bridgehead atoms. The van der Waals surface area contributed by atoms with E-state index in [9.17, 15) is 14.9 Å². The second-order valence-corrected chi connectivity index (χ2v) is 12.6. The van der Waals surface area contributed by atoms with Crippen molar-refractivity contribution in [2.75, 3.05) is 26.2 Å². The third kappa shape index (κ3) is 6.16. The number of hydrogen-bond donors (Lipinski definition) is 1. The van der Waals surface area contributed by atoms with Crippen LogP contribution < -0.4 is 10.9 Å². The molecule has 1 N–H and O–H groups in total. The highest BCUT2D eigenvalue weighted by Crippen LogP contribution is 2.35. The van der Waals surface area contributed by atoms with Gasteiger partial charge in [0.15, 0.2) is 0 Å². The summed E-state index contributed by atoms with van der Waals surface area (Å²) in [4.78, 5) is 36.1. The molecule has 7 nitrogen and oxygen atoms in total. The molecule has 0 radical (unpaired) electrons. The molecule has 2 aromatic heterocycles. The summed E-state index contributed by atoms with van der Waals surface area (Å²) >= 11 is 7.29. The first-order valence-electron chi connectivity index (χ1n) is 14.8. The van der Waals surface area contributed by atoms with Gasteiger partial charge in [0, 0.05) is 42.5 Å². The van der Waals surface area contributed by atoms with Crippen LogP contribution in [-0.2, 0) is 19.3 Å². The average molecular weight is 614 g/mol. The first-order valence-corrected chi connectivity index (χ1v) is 16.0. The summed E-state index contributed by atoms with van der Waals surface area (Å²) in [6, 6.07) is 17.3. The van der Waals surface area contributed by atoms with Gasteiger partial charge < -0.3 is 10.2 Å². The third-order valence-electron chi connectivity index (χ3n) is 7.80. The molecular weight excluding hydrogens is 578 g/mol. The average Bonchev–Trinajstić information content (AvgIpc) is 3.45. The van der Waals surface area contributed by atoms with Crippen LogP contribution in [0.4, 0.5) is 0 Å². The van der Waals surface area contributed by atoms with Gasteiger partial charge in [-0.25, -0.2) is 4.98 Å². The Balaban J connectivity index is 1.85. The van der Waals surface area contributed by atoms with E-state index in [1.807, 2.05) is 23.1 Å². The Morgan fingerprint density at radius 3 is 2.33 bits per heavy atom. The number of nitrogens with zero attached hydrogens (tertiary/aromatic N) is 4. The quantitative estimate of drug-likeness (QED) is 0.244. The number of piperazine rings is 1. The number of nitrogens with one attached hydrogen (secondary N) is 1. The molecule has 1 fully saturated rings. The maximum Gasteiger partial charge on any atom is 0.265 e. The Morgan fingerprint density at radius 2 is 1.74 bits per heavy atom. The number of aryl methyl sites for hydroxylation is 2. The summed E-state index contributed by atoms with van der Waals surface area (Å²) in [6.45, 7) is 11.0. The molecule has 0 atom stereocenters. The first-order chi connectivity index (χ1) is 20.8. The topological polar surface area (TPSA) is 91.0 Å². The molecule has 1 saturated heterocycles. The lowest BCUT2D eigenvalue weighted by molar-refractivity contribution is 0.0733. The molecule has 4 aromatic rings. The molecule has 0 unspecified atom stereocenters. The molecular formula is C34H36ClN5O2S. The zero-order valence-electron chi connectivity index (χ0n) is 25.0. The van der Waals surface area contributed by atoms with Gasteiger partial charge in [0.2, 0.25) is 0 Å². The number of amides is 1. The number of nitriles is 1. The summed E-state index contributed by atoms with van der Waals surface area (Å²) in [6.07, 6.45) is 2.03. The van der Waals surface area contributed by atoms with Crippen LogP contribution in [0.15, 0.2) is 53.3 Å². The first kappa shape index (κ1) is 30.7. The van der Waals surface area contributed by atoms with Gasteiger partial charge in [0.05, 0.1) is 22.5 Å².